The lowest BCUT2D eigenvalue weighted by molar-refractivity contribution is -0.670. The first-order valence-corrected chi connectivity index (χ1v) is 10.1. The predicted molar refractivity (Wildman–Crippen MR) is 122 cm³/mol. The summed E-state index contributed by atoms with van der Waals surface area (Å²) < 4.78 is 12.8. The number of rotatable bonds is 3. The van der Waals surface area contributed by atoms with Crippen molar-refractivity contribution in [1.82, 2.24) is 19.5 Å². The Morgan fingerprint density at radius 3 is 2.47 bits per heavy atom. The molecule has 10 nitrogen and oxygen atoms in total. The van der Waals surface area contributed by atoms with Crippen molar-refractivity contribution >= 4 is 65.8 Å². The minimum Gasteiger partial charge on any atom is -0.338 e. The highest BCUT2D eigenvalue weighted by molar-refractivity contribution is 14.0. The summed E-state index contributed by atoms with van der Waals surface area (Å²) in [6, 6.07) is 9.46. The van der Waals surface area contributed by atoms with Gasteiger partial charge in [-0.3, -0.25) is 0 Å². The van der Waals surface area contributed by atoms with Gasteiger partial charge in [0.15, 0.2) is 0 Å². The Morgan fingerprint density at radius 1 is 1.13 bits per heavy atom. The van der Waals surface area contributed by atoms with Gasteiger partial charge in [-0.05, 0) is 24.3 Å². The van der Waals surface area contributed by atoms with Crippen molar-refractivity contribution in [3.63, 3.8) is 0 Å². The molecule has 4 aromatic rings. The van der Waals surface area contributed by atoms with Gasteiger partial charge in [-0.15, -0.1) is 24.0 Å². The SMILES string of the molecule is C[n+]1ccn(-c2ccc(Nc3ncnc4cc(Cl)ccc34)cn2)c1.I.O=P(O)(O)O. The average Bonchev–Trinajstić information content (AvgIpc) is 3.07. The Hall–Kier alpha value is -2.15. The first kappa shape index (κ1) is 24.1. The molecule has 0 unspecified atom stereocenters. The van der Waals surface area contributed by atoms with Crippen LogP contribution in [0.3, 0.4) is 0 Å². The van der Waals surface area contributed by atoms with Crippen molar-refractivity contribution < 1.29 is 23.8 Å². The number of anilines is 2. The van der Waals surface area contributed by atoms with Crippen molar-refractivity contribution in [1.29, 1.82) is 0 Å². The molecule has 3 aromatic heterocycles. The number of aromatic nitrogens is 5. The Morgan fingerprint density at radius 2 is 1.87 bits per heavy atom. The standard InChI is InChI=1S/C17H14ClN6.HI.H3O4P/c1-23-6-7-24(11-23)16-5-3-13(9-19-16)22-17-14-4-2-12(18)8-15(14)20-10-21-17;;1-5(2,3)4/h2-11H,1H3,(H,20,21,22);1H;(H3,1,2,3,4)/q+1;;. The van der Waals surface area contributed by atoms with E-state index in [0.29, 0.717) is 5.02 Å². The number of halogens is 2. The number of hydrogen-bond acceptors (Lipinski definition) is 5. The van der Waals surface area contributed by atoms with Gasteiger partial charge in [0.25, 0.3) is 0 Å². The molecule has 0 aliphatic heterocycles. The fourth-order valence-electron chi connectivity index (χ4n) is 2.46. The summed E-state index contributed by atoms with van der Waals surface area (Å²) in [6.07, 6.45) is 9.17. The molecule has 0 aliphatic rings. The monoisotopic (exact) mass is 563 g/mol. The van der Waals surface area contributed by atoms with Crippen molar-refractivity contribution in [3.8, 4) is 5.82 Å². The Bertz CT molecular complexity index is 1180. The topological polar surface area (TPSA) is 137 Å². The number of nitrogens with zero attached hydrogens (tertiary/aromatic N) is 5. The van der Waals surface area contributed by atoms with Gasteiger partial charge in [-0.25, -0.2) is 24.1 Å². The third kappa shape index (κ3) is 6.97. The van der Waals surface area contributed by atoms with Gasteiger partial charge in [0.05, 0.1) is 24.4 Å². The van der Waals surface area contributed by atoms with Gasteiger partial charge in [-0.1, -0.05) is 11.6 Å². The van der Waals surface area contributed by atoms with Crippen LogP contribution in [-0.4, -0.2) is 34.2 Å². The highest BCUT2D eigenvalue weighted by Crippen LogP contribution is 2.26. The molecular formula is C17H18ClIN6O4P+. The second kappa shape index (κ2) is 10.2. The molecule has 0 radical (unpaired) electrons. The first-order valence-electron chi connectivity index (χ1n) is 8.14. The number of phosphoric acid groups is 1. The molecule has 1 aromatic carbocycles. The molecule has 4 rings (SSSR count). The van der Waals surface area contributed by atoms with Gasteiger partial charge in [-0.2, -0.15) is 4.57 Å². The summed E-state index contributed by atoms with van der Waals surface area (Å²) in [5.74, 6) is 1.57. The minimum absolute atomic E-state index is 0. The smallest absolute Gasteiger partial charge is 0.338 e. The molecule has 30 heavy (non-hydrogen) atoms. The highest BCUT2D eigenvalue weighted by Gasteiger charge is 2.08. The quantitative estimate of drug-likeness (QED) is 0.170. The van der Waals surface area contributed by atoms with Gasteiger partial charge >= 0.3 is 7.82 Å². The van der Waals surface area contributed by atoms with Crippen LogP contribution < -0.4 is 9.88 Å². The lowest BCUT2D eigenvalue weighted by Gasteiger charge is -2.08. The maximum atomic E-state index is 8.88. The van der Waals surface area contributed by atoms with E-state index in [1.165, 1.54) is 6.33 Å². The van der Waals surface area contributed by atoms with Crippen molar-refractivity contribution in [3.05, 3.63) is 66.6 Å². The lowest BCUT2D eigenvalue weighted by Crippen LogP contribution is -2.23. The second-order valence-electron chi connectivity index (χ2n) is 5.91. The van der Waals surface area contributed by atoms with Crippen LogP contribution in [0.1, 0.15) is 0 Å². The van der Waals surface area contributed by atoms with Gasteiger partial charge < -0.3 is 20.0 Å². The molecule has 0 saturated heterocycles. The zero-order valence-corrected chi connectivity index (χ0v) is 19.5. The zero-order valence-electron chi connectivity index (χ0n) is 15.5. The molecule has 0 amide bonds. The maximum absolute atomic E-state index is 8.88. The molecular weight excluding hydrogens is 546 g/mol. The molecule has 0 bridgehead atoms. The number of hydrogen-bond donors (Lipinski definition) is 4. The van der Waals surface area contributed by atoms with E-state index in [0.717, 1.165) is 28.2 Å². The van der Waals surface area contributed by atoms with E-state index in [1.807, 2.05) is 65.2 Å². The van der Waals surface area contributed by atoms with Crippen molar-refractivity contribution in [2.45, 2.75) is 0 Å². The summed E-state index contributed by atoms with van der Waals surface area (Å²) in [6.45, 7) is 0. The summed E-state index contributed by atoms with van der Waals surface area (Å²) in [4.78, 5) is 34.6. The van der Waals surface area contributed by atoms with Gasteiger partial charge in [0.1, 0.15) is 24.5 Å². The predicted octanol–water partition coefficient (Wildman–Crippen LogP) is 2.73. The number of pyridine rings is 1. The minimum atomic E-state index is -4.64. The fraction of sp³-hybridized carbons (Fsp3) is 0.0588. The molecule has 0 spiro atoms. The average molecular weight is 564 g/mol. The van der Waals surface area contributed by atoms with E-state index in [2.05, 4.69) is 20.3 Å². The third-order valence-corrected chi connectivity index (χ3v) is 3.88. The summed E-state index contributed by atoms with van der Waals surface area (Å²) in [5.41, 5.74) is 1.65. The van der Waals surface area contributed by atoms with E-state index >= 15 is 0 Å². The van der Waals surface area contributed by atoms with Crippen LogP contribution in [0.2, 0.25) is 5.02 Å². The molecule has 0 saturated carbocycles. The molecule has 3 heterocycles. The Balaban J connectivity index is 0.000000482. The highest BCUT2D eigenvalue weighted by atomic mass is 127. The molecule has 0 atom stereocenters. The van der Waals surface area contributed by atoms with Crippen molar-refractivity contribution in [2.24, 2.45) is 7.05 Å². The van der Waals surface area contributed by atoms with E-state index in [9.17, 15) is 0 Å². The second-order valence-corrected chi connectivity index (χ2v) is 7.38. The number of fused-ring (bicyclic) bond motifs is 1. The van der Waals surface area contributed by atoms with Gasteiger partial charge in [0.2, 0.25) is 12.1 Å². The number of aryl methyl sites for hydroxylation is 1. The Kier molecular flexibility index (Phi) is 8.24. The van der Waals surface area contributed by atoms with Gasteiger partial charge in [0, 0.05) is 16.5 Å². The van der Waals surface area contributed by atoms with Crippen LogP contribution in [0.5, 0.6) is 0 Å². The van der Waals surface area contributed by atoms with Crippen LogP contribution in [0.25, 0.3) is 16.7 Å². The molecule has 4 N–H and O–H groups in total. The first-order chi connectivity index (χ1) is 13.7. The largest absolute Gasteiger partial charge is 0.466 e. The van der Waals surface area contributed by atoms with Crippen LogP contribution in [0.15, 0.2) is 61.6 Å². The van der Waals surface area contributed by atoms with E-state index in [-0.39, 0.29) is 24.0 Å². The van der Waals surface area contributed by atoms with Crippen LogP contribution >= 0.6 is 43.4 Å². The normalized spacial score (nSPS) is 10.7. The number of nitrogens with one attached hydrogen (secondary N) is 1. The third-order valence-electron chi connectivity index (χ3n) is 3.64. The fourth-order valence-corrected chi connectivity index (χ4v) is 2.63. The summed E-state index contributed by atoms with van der Waals surface area (Å²) in [7, 11) is -2.67. The lowest BCUT2D eigenvalue weighted by atomic mass is 10.2. The van der Waals surface area contributed by atoms with Crippen LogP contribution in [0.4, 0.5) is 11.5 Å². The van der Waals surface area contributed by atoms with E-state index < -0.39 is 7.82 Å². The zero-order chi connectivity index (χ0) is 21.0. The number of imidazole rings is 1. The van der Waals surface area contributed by atoms with Crippen LogP contribution in [-0.2, 0) is 11.6 Å². The molecule has 13 heteroatoms. The molecule has 0 aliphatic carbocycles. The van der Waals surface area contributed by atoms with Crippen LogP contribution in [0, 0.1) is 0 Å². The van der Waals surface area contributed by atoms with E-state index in [1.54, 1.807) is 6.20 Å². The van der Waals surface area contributed by atoms with Crippen molar-refractivity contribution in [2.75, 3.05) is 5.32 Å². The van der Waals surface area contributed by atoms with E-state index in [4.69, 9.17) is 30.8 Å². The molecule has 0 fully saturated rings. The maximum Gasteiger partial charge on any atom is 0.466 e. The Labute approximate surface area is 193 Å². The summed E-state index contributed by atoms with van der Waals surface area (Å²) >= 11 is 6.01. The number of benzene rings is 1. The molecule has 158 valence electrons. The summed E-state index contributed by atoms with van der Waals surface area (Å²) in [5, 5.41) is 4.84.